The maximum Gasteiger partial charge on any atom is 0.315 e. The van der Waals surface area contributed by atoms with Gasteiger partial charge in [-0.2, -0.15) is 0 Å². The first kappa shape index (κ1) is 15.5. The summed E-state index contributed by atoms with van der Waals surface area (Å²) in [7, 11) is 0. The second kappa shape index (κ2) is 6.72. The van der Waals surface area contributed by atoms with E-state index in [0.29, 0.717) is 18.8 Å². The highest BCUT2D eigenvalue weighted by atomic mass is 16.5. The normalized spacial score (nSPS) is 21.3. The molecule has 1 saturated heterocycles. The number of rotatable bonds is 5. The van der Waals surface area contributed by atoms with Gasteiger partial charge in [-0.3, -0.25) is 9.59 Å². The fourth-order valence-corrected chi connectivity index (χ4v) is 2.46. The van der Waals surface area contributed by atoms with Gasteiger partial charge in [0.15, 0.2) is 0 Å². The van der Waals surface area contributed by atoms with Crippen LogP contribution < -0.4 is 5.32 Å². The lowest BCUT2D eigenvalue weighted by atomic mass is 9.82. The topological polar surface area (TPSA) is 75.6 Å². The number of nitrogens with one attached hydrogen (secondary N) is 1. The minimum atomic E-state index is -1.13. The molecule has 1 heterocycles. The van der Waals surface area contributed by atoms with Crippen LogP contribution in [0.5, 0.6) is 0 Å². The molecule has 2 atom stereocenters. The molecule has 1 amide bonds. The first-order valence-corrected chi connectivity index (χ1v) is 7.18. The Kier molecular flexibility index (Phi) is 4.96. The second-order valence-electron chi connectivity index (χ2n) is 5.64. The molecule has 0 spiro atoms. The van der Waals surface area contributed by atoms with Gasteiger partial charge in [-0.05, 0) is 25.3 Å². The van der Waals surface area contributed by atoms with Gasteiger partial charge in [0.2, 0.25) is 5.91 Å². The van der Waals surface area contributed by atoms with E-state index in [4.69, 9.17) is 4.74 Å². The summed E-state index contributed by atoms with van der Waals surface area (Å²) in [6.07, 6.45) is 1.66. The standard InChI is InChI=1S/C16H21NO4/c1-16(15(19)20,13-7-3-2-4-8-13)11-17-14(18)12-6-5-9-21-10-12/h2-4,7-8,12H,5-6,9-11H2,1H3,(H,17,18)(H,19,20). The summed E-state index contributed by atoms with van der Waals surface area (Å²) in [5.41, 5.74) is -0.454. The average molecular weight is 291 g/mol. The number of carbonyl (C=O) groups excluding carboxylic acids is 1. The summed E-state index contributed by atoms with van der Waals surface area (Å²) in [5, 5.41) is 12.3. The number of hydrogen-bond acceptors (Lipinski definition) is 3. The lowest BCUT2D eigenvalue weighted by Crippen LogP contribution is -2.46. The predicted octanol–water partition coefficient (Wildman–Crippen LogP) is 1.57. The number of benzene rings is 1. The Morgan fingerprint density at radius 2 is 2.10 bits per heavy atom. The van der Waals surface area contributed by atoms with Gasteiger partial charge in [0.05, 0.1) is 12.5 Å². The molecule has 21 heavy (non-hydrogen) atoms. The summed E-state index contributed by atoms with van der Waals surface area (Å²) in [6, 6.07) is 8.97. The number of carboxylic acid groups (broad SMARTS) is 1. The first-order chi connectivity index (χ1) is 10.0. The Morgan fingerprint density at radius 3 is 2.67 bits per heavy atom. The Hall–Kier alpha value is -1.88. The molecule has 1 fully saturated rings. The van der Waals surface area contributed by atoms with Crippen molar-refractivity contribution in [2.75, 3.05) is 19.8 Å². The van der Waals surface area contributed by atoms with E-state index in [9.17, 15) is 14.7 Å². The third kappa shape index (κ3) is 3.61. The minimum Gasteiger partial charge on any atom is -0.481 e. The zero-order chi connectivity index (χ0) is 15.3. The minimum absolute atomic E-state index is 0.0711. The molecule has 1 aromatic carbocycles. The number of hydrogen-bond donors (Lipinski definition) is 2. The van der Waals surface area contributed by atoms with Gasteiger partial charge in [-0.25, -0.2) is 0 Å². The zero-order valence-electron chi connectivity index (χ0n) is 12.2. The Bertz CT molecular complexity index is 496. The molecule has 5 nitrogen and oxygen atoms in total. The van der Waals surface area contributed by atoms with Crippen LogP contribution in [0.2, 0.25) is 0 Å². The van der Waals surface area contributed by atoms with E-state index in [2.05, 4.69) is 5.32 Å². The summed E-state index contributed by atoms with van der Waals surface area (Å²) in [4.78, 5) is 23.7. The van der Waals surface area contributed by atoms with Crippen molar-refractivity contribution in [2.45, 2.75) is 25.2 Å². The van der Waals surface area contributed by atoms with Gasteiger partial charge in [0, 0.05) is 13.2 Å². The van der Waals surface area contributed by atoms with Gasteiger partial charge in [-0.15, -0.1) is 0 Å². The van der Waals surface area contributed by atoms with Crippen LogP contribution in [0.15, 0.2) is 30.3 Å². The molecule has 2 N–H and O–H groups in total. The smallest absolute Gasteiger partial charge is 0.315 e. The van der Waals surface area contributed by atoms with Crippen LogP contribution >= 0.6 is 0 Å². The van der Waals surface area contributed by atoms with Crippen LogP contribution in [0.25, 0.3) is 0 Å². The van der Waals surface area contributed by atoms with Gasteiger partial charge < -0.3 is 15.2 Å². The number of aliphatic carboxylic acids is 1. The number of carbonyl (C=O) groups is 2. The predicted molar refractivity (Wildman–Crippen MR) is 78.0 cm³/mol. The molecule has 0 saturated carbocycles. The van der Waals surface area contributed by atoms with Crippen molar-refractivity contribution >= 4 is 11.9 Å². The van der Waals surface area contributed by atoms with Crippen LogP contribution in [-0.2, 0) is 19.7 Å². The van der Waals surface area contributed by atoms with Crippen LogP contribution in [-0.4, -0.2) is 36.7 Å². The highest BCUT2D eigenvalue weighted by Crippen LogP contribution is 2.23. The fraction of sp³-hybridized carbons (Fsp3) is 0.500. The largest absolute Gasteiger partial charge is 0.481 e. The van der Waals surface area contributed by atoms with Crippen molar-refractivity contribution in [2.24, 2.45) is 5.92 Å². The van der Waals surface area contributed by atoms with E-state index in [1.807, 2.05) is 6.07 Å². The quantitative estimate of drug-likeness (QED) is 0.863. The maximum atomic E-state index is 12.1. The molecule has 2 unspecified atom stereocenters. The molecule has 1 aliphatic heterocycles. The lowest BCUT2D eigenvalue weighted by molar-refractivity contribution is -0.143. The van der Waals surface area contributed by atoms with Gasteiger partial charge in [-0.1, -0.05) is 30.3 Å². The van der Waals surface area contributed by atoms with E-state index in [1.54, 1.807) is 31.2 Å². The van der Waals surface area contributed by atoms with Crippen LogP contribution in [0.4, 0.5) is 0 Å². The molecule has 114 valence electrons. The third-order valence-corrected chi connectivity index (χ3v) is 4.03. The van der Waals surface area contributed by atoms with Crippen molar-refractivity contribution in [1.82, 2.24) is 5.32 Å². The Morgan fingerprint density at radius 1 is 1.38 bits per heavy atom. The SMILES string of the molecule is CC(CNC(=O)C1CCCOC1)(C(=O)O)c1ccccc1. The van der Waals surface area contributed by atoms with Crippen molar-refractivity contribution in [3.8, 4) is 0 Å². The molecule has 0 bridgehead atoms. The van der Waals surface area contributed by atoms with E-state index in [1.165, 1.54) is 0 Å². The van der Waals surface area contributed by atoms with Gasteiger partial charge in [0.1, 0.15) is 5.41 Å². The monoisotopic (exact) mass is 291 g/mol. The third-order valence-electron chi connectivity index (χ3n) is 4.03. The highest BCUT2D eigenvalue weighted by Gasteiger charge is 2.36. The van der Waals surface area contributed by atoms with E-state index in [0.717, 1.165) is 12.8 Å². The van der Waals surface area contributed by atoms with E-state index >= 15 is 0 Å². The van der Waals surface area contributed by atoms with Crippen LogP contribution in [0.1, 0.15) is 25.3 Å². The van der Waals surface area contributed by atoms with Gasteiger partial charge >= 0.3 is 5.97 Å². The Labute approximate surface area is 124 Å². The summed E-state index contributed by atoms with van der Waals surface area (Å²) < 4.78 is 5.29. The van der Waals surface area contributed by atoms with E-state index < -0.39 is 11.4 Å². The van der Waals surface area contributed by atoms with E-state index in [-0.39, 0.29) is 18.4 Å². The van der Waals surface area contributed by atoms with Crippen molar-refractivity contribution in [3.63, 3.8) is 0 Å². The fourth-order valence-electron chi connectivity index (χ4n) is 2.46. The van der Waals surface area contributed by atoms with Crippen molar-refractivity contribution < 1.29 is 19.4 Å². The van der Waals surface area contributed by atoms with Crippen molar-refractivity contribution in [3.05, 3.63) is 35.9 Å². The summed E-state index contributed by atoms with van der Waals surface area (Å²) in [5.74, 6) is -1.25. The second-order valence-corrected chi connectivity index (χ2v) is 5.64. The first-order valence-electron chi connectivity index (χ1n) is 7.18. The molecule has 0 radical (unpaired) electrons. The number of carboxylic acids is 1. The molecule has 0 aromatic heterocycles. The Balaban J connectivity index is 2.03. The van der Waals surface area contributed by atoms with Crippen LogP contribution in [0.3, 0.4) is 0 Å². The summed E-state index contributed by atoms with van der Waals surface area (Å²) >= 11 is 0. The molecule has 2 rings (SSSR count). The number of ether oxygens (including phenoxy) is 1. The zero-order valence-corrected chi connectivity index (χ0v) is 12.2. The molecule has 0 aliphatic carbocycles. The highest BCUT2D eigenvalue weighted by molar-refractivity contribution is 5.84. The molecule has 5 heteroatoms. The maximum absolute atomic E-state index is 12.1. The lowest BCUT2D eigenvalue weighted by Gasteiger charge is -2.28. The van der Waals surface area contributed by atoms with Gasteiger partial charge in [0.25, 0.3) is 0 Å². The molecule has 1 aliphatic rings. The number of amides is 1. The molecular formula is C16H21NO4. The summed E-state index contributed by atoms with van der Waals surface area (Å²) in [6.45, 7) is 2.81. The molecule has 1 aromatic rings. The van der Waals surface area contributed by atoms with Crippen LogP contribution in [0, 0.1) is 5.92 Å². The van der Waals surface area contributed by atoms with Crippen molar-refractivity contribution in [1.29, 1.82) is 0 Å². The average Bonchev–Trinajstić information content (AvgIpc) is 2.53. The molecular weight excluding hydrogens is 270 g/mol.